The van der Waals surface area contributed by atoms with Crippen molar-refractivity contribution >= 4 is 12.0 Å². The zero-order valence-electron chi connectivity index (χ0n) is 9.49. The number of benzene rings is 1. The summed E-state index contributed by atoms with van der Waals surface area (Å²) in [4.78, 5) is 10.3. The summed E-state index contributed by atoms with van der Waals surface area (Å²) in [6.45, 7) is 1.79. The number of ether oxygens (including phenoxy) is 1. The Balaban J connectivity index is 3.12. The van der Waals surface area contributed by atoms with Gasteiger partial charge in [0.05, 0.1) is 0 Å². The molecule has 3 nitrogen and oxygen atoms in total. The van der Waals surface area contributed by atoms with Crippen LogP contribution in [-0.2, 0) is 11.2 Å². The van der Waals surface area contributed by atoms with Crippen LogP contribution < -0.4 is 4.74 Å². The van der Waals surface area contributed by atoms with E-state index in [2.05, 4.69) is 4.74 Å². The first-order valence-electron chi connectivity index (χ1n) is 5.11. The van der Waals surface area contributed by atoms with Gasteiger partial charge in [-0.1, -0.05) is 19.1 Å². The summed E-state index contributed by atoms with van der Waals surface area (Å²) in [6, 6.07) is 4.25. The number of carboxylic acids is 1. The molecule has 0 bridgehead atoms. The third-order valence-corrected chi connectivity index (χ3v) is 2.12. The van der Waals surface area contributed by atoms with Crippen molar-refractivity contribution < 1.29 is 27.8 Å². The number of hydrogen-bond donors (Lipinski definition) is 1. The molecule has 0 saturated heterocycles. The van der Waals surface area contributed by atoms with Crippen molar-refractivity contribution in [3.8, 4) is 5.75 Å². The van der Waals surface area contributed by atoms with Crippen LogP contribution in [0, 0.1) is 0 Å². The number of halogens is 3. The van der Waals surface area contributed by atoms with Gasteiger partial charge in [0.2, 0.25) is 0 Å². The molecule has 0 fully saturated rings. The molecule has 0 aliphatic heterocycles. The van der Waals surface area contributed by atoms with Crippen molar-refractivity contribution in [3.05, 3.63) is 35.4 Å². The third-order valence-electron chi connectivity index (χ3n) is 2.12. The first-order chi connectivity index (χ1) is 8.31. The minimum atomic E-state index is -4.81. The number of alkyl halides is 3. The van der Waals surface area contributed by atoms with E-state index in [0.29, 0.717) is 12.0 Å². The summed E-state index contributed by atoms with van der Waals surface area (Å²) in [7, 11) is 0. The van der Waals surface area contributed by atoms with E-state index in [0.717, 1.165) is 12.2 Å². The molecule has 0 aliphatic rings. The molecular formula is C12H11F3O3. The van der Waals surface area contributed by atoms with Crippen molar-refractivity contribution in [2.45, 2.75) is 19.7 Å². The highest BCUT2D eigenvalue weighted by Gasteiger charge is 2.31. The fourth-order valence-corrected chi connectivity index (χ4v) is 1.31. The maximum absolute atomic E-state index is 12.2. The molecule has 1 aromatic carbocycles. The van der Waals surface area contributed by atoms with Crippen molar-refractivity contribution in [2.75, 3.05) is 0 Å². The Kier molecular flexibility index (Phi) is 4.36. The lowest BCUT2D eigenvalue weighted by Crippen LogP contribution is -2.17. The number of carboxylic acid groups (broad SMARTS) is 1. The maximum atomic E-state index is 12.2. The molecule has 0 radical (unpaired) electrons. The van der Waals surface area contributed by atoms with Gasteiger partial charge in [-0.05, 0) is 24.1 Å². The minimum absolute atomic E-state index is 0.0620. The average Bonchev–Trinajstić information content (AvgIpc) is 2.25. The number of aliphatic carboxylic acids is 1. The molecule has 1 N–H and O–H groups in total. The first-order valence-corrected chi connectivity index (χ1v) is 5.11. The molecule has 0 unspecified atom stereocenters. The number of carbonyl (C=O) groups is 1. The molecule has 1 rings (SSSR count). The Morgan fingerprint density at radius 1 is 1.44 bits per heavy atom. The lowest BCUT2D eigenvalue weighted by atomic mass is 10.1. The largest absolute Gasteiger partial charge is 0.573 e. The van der Waals surface area contributed by atoms with Crippen LogP contribution in [0.5, 0.6) is 5.75 Å². The second-order valence-corrected chi connectivity index (χ2v) is 3.45. The molecule has 0 spiro atoms. The highest BCUT2D eigenvalue weighted by molar-refractivity contribution is 5.85. The van der Waals surface area contributed by atoms with Crippen LogP contribution in [0.4, 0.5) is 13.2 Å². The Morgan fingerprint density at radius 2 is 2.11 bits per heavy atom. The normalized spacial score (nSPS) is 11.8. The van der Waals surface area contributed by atoms with Crippen LogP contribution in [0.1, 0.15) is 18.1 Å². The standard InChI is InChI=1S/C12H11F3O3/c1-2-8-3-4-9(5-6-11(16)17)10(7-8)18-12(13,14)15/h3-7H,2H2,1H3,(H,16,17)/b6-5+. The minimum Gasteiger partial charge on any atom is -0.478 e. The van der Waals surface area contributed by atoms with E-state index >= 15 is 0 Å². The van der Waals surface area contributed by atoms with Gasteiger partial charge < -0.3 is 9.84 Å². The van der Waals surface area contributed by atoms with Crippen LogP contribution in [0.3, 0.4) is 0 Å². The van der Waals surface area contributed by atoms with Crippen molar-refractivity contribution in [3.63, 3.8) is 0 Å². The first kappa shape index (κ1) is 14.1. The van der Waals surface area contributed by atoms with Crippen LogP contribution >= 0.6 is 0 Å². The fourth-order valence-electron chi connectivity index (χ4n) is 1.31. The van der Waals surface area contributed by atoms with Crippen LogP contribution in [0.2, 0.25) is 0 Å². The third kappa shape index (κ3) is 4.48. The van der Waals surface area contributed by atoms with Gasteiger partial charge in [0.15, 0.2) is 0 Å². The highest BCUT2D eigenvalue weighted by atomic mass is 19.4. The van der Waals surface area contributed by atoms with E-state index in [-0.39, 0.29) is 5.56 Å². The van der Waals surface area contributed by atoms with E-state index in [9.17, 15) is 18.0 Å². The molecule has 6 heteroatoms. The predicted molar refractivity (Wildman–Crippen MR) is 59.2 cm³/mol. The second-order valence-electron chi connectivity index (χ2n) is 3.45. The van der Waals surface area contributed by atoms with Crippen molar-refractivity contribution in [1.29, 1.82) is 0 Å². The predicted octanol–water partition coefficient (Wildman–Crippen LogP) is 3.25. The van der Waals surface area contributed by atoms with Crippen molar-refractivity contribution in [2.24, 2.45) is 0 Å². The molecule has 0 saturated carbocycles. The van der Waals surface area contributed by atoms with E-state index in [1.807, 2.05) is 0 Å². The van der Waals surface area contributed by atoms with E-state index in [1.54, 1.807) is 13.0 Å². The molecule has 0 amide bonds. The van der Waals surface area contributed by atoms with Crippen molar-refractivity contribution in [1.82, 2.24) is 0 Å². The zero-order chi connectivity index (χ0) is 13.8. The van der Waals surface area contributed by atoms with Gasteiger partial charge in [0.1, 0.15) is 5.75 Å². The van der Waals surface area contributed by atoms with E-state index in [4.69, 9.17) is 5.11 Å². The SMILES string of the molecule is CCc1ccc(/C=C/C(=O)O)c(OC(F)(F)F)c1. The summed E-state index contributed by atoms with van der Waals surface area (Å²) < 4.78 is 40.4. The molecule has 1 aromatic rings. The summed E-state index contributed by atoms with van der Waals surface area (Å²) in [5.74, 6) is -1.65. The topological polar surface area (TPSA) is 46.5 Å². The number of rotatable bonds is 4. The van der Waals surface area contributed by atoms with Gasteiger partial charge in [-0.25, -0.2) is 4.79 Å². The van der Waals surface area contributed by atoms with Gasteiger partial charge in [0, 0.05) is 11.6 Å². The average molecular weight is 260 g/mol. The summed E-state index contributed by atoms with van der Waals surface area (Å²) in [6.07, 6.45) is -2.44. The van der Waals surface area contributed by atoms with Gasteiger partial charge in [-0.15, -0.1) is 13.2 Å². The Bertz CT molecular complexity index is 464. The quantitative estimate of drug-likeness (QED) is 0.845. The molecule has 98 valence electrons. The molecule has 0 aromatic heterocycles. The molecule has 0 aliphatic carbocycles. The second kappa shape index (κ2) is 5.57. The Morgan fingerprint density at radius 3 is 2.61 bits per heavy atom. The van der Waals surface area contributed by atoms with Crippen LogP contribution in [-0.4, -0.2) is 17.4 Å². The monoisotopic (exact) mass is 260 g/mol. The Labute approximate surface area is 101 Å². The van der Waals surface area contributed by atoms with E-state index < -0.39 is 18.1 Å². The summed E-state index contributed by atoms with van der Waals surface area (Å²) >= 11 is 0. The smallest absolute Gasteiger partial charge is 0.478 e. The molecule has 18 heavy (non-hydrogen) atoms. The Hall–Kier alpha value is -1.98. The van der Waals surface area contributed by atoms with E-state index in [1.165, 1.54) is 12.1 Å². The fraction of sp³-hybridized carbons (Fsp3) is 0.250. The number of aryl methyl sites for hydroxylation is 1. The molecule has 0 heterocycles. The molecule has 0 atom stereocenters. The zero-order valence-corrected chi connectivity index (χ0v) is 9.49. The van der Waals surface area contributed by atoms with Gasteiger partial charge in [0.25, 0.3) is 0 Å². The van der Waals surface area contributed by atoms with Gasteiger partial charge in [-0.2, -0.15) is 0 Å². The van der Waals surface area contributed by atoms with Gasteiger partial charge >= 0.3 is 12.3 Å². The highest BCUT2D eigenvalue weighted by Crippen LogP contribution is 2.28. The van der Waals surface area contributed by atoms with Gasteiger partial charge in [-0.3, -0.25) is 0 Å². The maximum Gasteiger partial charge on any atom is 0.573 e. The lowest BCUT2D eigenvalue weighted by molar-refractivity contribution is -0.274. The van der Waals surface area contributed by atoms with Crippen LogP contribution in [0.15, 0.2) is 24.3 Å². The summed E-state index contributed by atoms with van der Waals surface area (Å²) in [5.41, 5.74) is 0.730. The van der Waals surface area contributed by atoms with Crippen LogP contribution in [0.25, 0.3) is 6.08 Å². The lowest BCUT2D eigenvalue weighted by Gasteiger charge is -2.12. The number of hydrogen-bond acceptors (Lipinski definition) is 2. The summed E-state index contributed by atoms with van der Waals surface area (Å²) in [5, 5.41) is 8.45. The molecular weight excluding hydrogens is 249 g/mol.